The number of hydrogen-bond donors (Lipinski definition) is 0. The maximum absolute atomic E-state index is 12.3. The molecule has 1 aromatic carbocycles. The molecule has 0 spiro atoms. The summed E-state index contributed by atoms with van der Waals surface area (Å²) in [5, 5.41) is 0. The number of hydrogen-bond acceptors (Lipinski definition) is 4. The minimum atomic E-state index is 0.335. The van der Waals surface area contributed by atoms with Crippen LogP contribution in [0, 0.1) is 0 Å². The number of piperazine rings is 1. The molecule has 132 valence electrons. The van der Waals surface area contributed by atoms with Crippen LogP contribution in [0.15, 0.2) is 24.3 Å². The number of likely N-dealkylation sites (tertiary alicyclic amines) is 1. The Kier molecular flexibility index (Phi) is 5.96. The second-order valence-electron chi connectivity index (χ2n) is 6.69. The Balaban J connectivity index is 1.44. The molecule has 2 aliphatic heterocycles. The van der Waals surface area contributed by atoms with Crippen LogP contribution in [0.3, 0.4) is 0 Å². The van der Waals surface area contributed by atoms with Gasteiger partial charge in [-0.1, -0.05) is 12.1 Å². The van der Waals surface area contributed by atoms with Gasteiger partial charge in [-0.25, -0.2) is 0 Å². The number of anilines is 1. The van der Waals surface area contributed by atoms with E-state index in [-0.39, 0.29) is 0 Å². The molecule has 2 fully saturated rings. The van der Waals surface area contributed by atoms with E-state index in [2.05, 4.69) is 26.8 Å². The van der Waals surface area contributed by atoms with E-state index in [0.29, 0.717) is 12.3 Å². The molecule has 0 unspecified atom stereocenters. The third kappa shape index (κ3) is 4.20. The molecular weight excluding hydrogens is 302 g/mol. The average molecular weight is 331 g/mol. The minimum absolute atomic E-state index is 0.335. The lowest BCUT2D eigenvalue weighted by atomic mass is 10.1. The van der Waals surface area contributed by atoms with Crippen LogP contribution >= 0.6 is 0 Å². The number of methoxy groups -OCH3 is 1. The predicted molar refractivity (Wildman–Crippen MR) is 96.7 cm³/mol. The van der Waals surface area contributed by atoms with E-state index < -0.39 is 0 Å². The number of piperidine rings is 1. The Bertz CT molecular complexity index is 535. The number of ether oxygens (including phenoxy) is 1. The summed E-state index contributed by atoms with van der Waals surface area (Å²) in [5.41, 5.74) is 1.17. The molecule has 24 heavy (non-hydrogen) atoms. The van der Waals surface area contributed by atoms with Crippen molar-refractivity contribution in [1.82, 2.24) is 9.80 Å². The first-order valence-electron chi connectivity index (χ1n) is 9.16. The van der Waals surface area contributed by atoms with Gasteiger partial charge in [0.1, 0.15) is 5.75 Å². The van der Waals surface area contributed by atoms with E-state index in [9.17, 15) is 4.79 Å². The molecule has 5 nitrogen and oxygen atoms in total. The minimum Gasteiger partial charge on any atom is -0.495 e. The number of nitrogens with zero attached hydrogens (tertiary/aromatic N) is 3. The van der Waals surface area contributed by atoms with E-state index in [1.165, 1.54) is 24.9 Å². The van der Waals surface area contributed by atoms with Crippen LogP contribution in [0.5, 0.6) is 5.75 Å². The highest BCUT2D eigenvalue weighted by Gasteiger charge is 2.21. The molecule has 2 saturated heterocycles. The van der Waals surface area contributed by atoms with Gasteiger partial charge in [0.25, 0.3) is 0 Å². The smallest absolute Gasteiger partial charge is 0.223 e. The topological polar surface area (TPSA) is 36.0 Å². The van der Waals surface area contributed by atoms with Gasteiger partial charge in [0.05, 0.1) is 12.8 Å². The molecule has 2 aliphatic rings. The van der Waals surface area contributed by atoms with Gasteiger partial charge in [0.2, 0.25) is 5.91 Å². The molecule has 0 aliphatic carbocycles. The molecule has 2 heterocycles. The van der Waals surface area contributed by atoms with E-state index in [4.69, 9.17) is 4.74 Å². The molecule has 0 bridgehead atoms. The molecule has 1 aromatic rings. The highest BCUT2D eigenvalue weighted by Crippen LogP contribution is 2.28. The lowest BCUT2D eigenvalue weighted by molar-refractivity contribution is -0.132. The van der Waals surface area contributed by atoms with Gasteiger partial charge in [-0.2, -0.15) is 0 Å². The molecule has 0 radical (unpaired) electrons. The third-order valence-corrected chi connectivity index (χ3v) is 5.15. The van der Waals surface area contributed by atoms with E-state index in [1.54, 1.807) is 7.11 Å². The van der Waals surface area contributed by atoms with Gasteiger partial charge >= 0.3 is 0 Å². The van der Waals surface area contributed by atoms with Crippen molar-refractivity contribution in [1.29, 1.82) is 0 Å². The average Bonchev–Trinajstić information content (AvgIpc) is 2.67. The largest absolute Gasteiger partial charge is 0.495 e. The normalized spacial score (nSPS) is 19.4. The van der Waals surface area contributed by atoms with E-state index in [0.717, 1.165) is 51.6 Å². The number of rotatable bonds is 5. The van der Waals surface area contributed by atoms with Crippen molar-refractivity contribution in [2.24, 2.45) is 0 Å². The quantitative estimate of drug-likeness (QED) is 0.829. The molecular formula is C19H29N3O2. The van der Waals surface area contributed by atoms with Crippen LogP contribution in [0.4, 0.5) is 5.69 Å². The zero-order valence-electron chi connectivity index (χ0n) is 14.7. The fourth-order valence-corrected chi connectivity index (χ4v) is 3.66. The van der Waals surface area contributed by atoms with Gasteiger partial charge in [0.15, 0.2) is 0 Å². The molecule has 3 rings (SSSR count). The summed E-state index contributed by atoms with van der Waals surface area (Å²) in [6.45, 7) is 6.78. The summed E-state index contributed by atoms with van der Waals surface area (Å²) < 4.78 is 5.47. The van der Waals surface area contributed by atoms with Crippen molar-refractivity contribution in [3.63, 3.8) is 0 Å². The summed E-state index contributed by atoms with van der Waals surface area (Å²) in [7, 11) is 1.72. The first kappa shape index (κ1) is 17.1. The summed E-state index contributed by atoms with van der Waals surface area (Å²) >= 11 is 0. The number of amides is 1. The predicted octanol–water partition coefficient (Wildman–Crippen LogP) is 2.22. The Morgan fingerprint density at radius 1 is 1.00 bits per heavy atom. The summed E-state index contributed by atoms with van der Waals surface area (Å²) in [6.07, 6.45) is 4.27. The molecule has 5 heteroatoms. The molecule has 0 saturated carbocycles. The number of benzene rings is 1. The van der Waals surface area contributed by atoms with Gasteiger partial charge in [0, 0.05) is 52.2 Å². The zero-order valence-corrected chi connectivity index (χ0v) is 14.7. The highest BCUT2D eigenvalue weighted by atomic mass is 16.5. The fraction of sp³-hybridized carbons (Fsp3) is 0.632. The maximum atomic E-state index is 12.3. The second kappa shape index (κ2) is 8.38. The molecule has 0 atom stereocenters. The maximum Gasteiger partial charge on any atom is 0.223 e. The Morgan fingerprint density at radius 3 is 2.42 bits per heavy atom. The van der Waals surface area contributed by atoms with E-state index >= 15 is 0 Å². The summed E-state index contributed by atoms with van der Waals surface area (Å²) in [5.74, 6) is 1.27. The summed E-state index contributed by atoms with van der Waals surface area (Å²) in [6, 6.07) is 8.19. The van der Waals surface area contributed by atoms with Crippen molar-refractivity contribution in [2.45, 2.75) is 25.7 Å². The second-order valence-corrected chi connectivity index (χ2v) is 6.69. The van der Waals surface area contributed by atoms with Gasteiger partial charge in [-0.15, -0.1) is 0 Å². The van der Waals surface area contributed by atoms with Crippen LogP contribution in [0.1, 0.15) is 25.7 Å². The van der Waals surface area contributed by atoms with E-state index in [1.807, 2.05) is 12.1 Å². The van der Waals surface area contributed by atoms with Gasteiger partial charge < -0.3 is 14.5 Å². The first-order valence-corrected chi connectivity index (χ1v) is 9.16. The lowest BCUT2D eigenvalue weighted by Gasteiger charge is -2.37. The van der Waals surface area contributed by atoms with Gasteiger partial charge in [-0.3, -0.25) is 9.69 Å². The molecule has 1 amide bonds. The Morgan fingerprint density at radius 2 is 1.71 bits per heavy atom. The van der Waals surface area contributed by atoms with Crippen molar-refractivity contribution in [2.75, 3.05) is 57.8 Å². The Labute approximate surface area is 145 Å². The first-order chi connectivity index (χ1) is 11.8. The van der Waals surface area contributed by atoms with Crippen LogP contribution in [0.2, 0.25) is 0 Å². The standard InChI is InChI=1S/C19H29N3O2/c1-24-18-8-4-3-7-17(18)21-15-13-20(14-16-21)12-9-19(23)22-10-5-2-6-11-22/h3-4,7-8H,2,5-6,9-16H2,1H3. The van der Waals surface area contributed by atoms with Crippen molar-refractivity contribution in [3.8, 4) is 5.75 Å². The monoisotopic (exact) mass is 331 g/mol. The van der Waals surface area contributed by atoms with Crippen LogP contribution in [-0.2, 0) is 4.79 Å². The van der Waals surface area contributed by atoms with Crippen molar-refractivity contribution in [3.05, 3.63) is 24.3 Å². The third-order valence-electron chi connectivity index (χ3n) is 5.15. The Hall–Kier alpha value is -1.75. The molecule has 0 N–H and O–H groups in total. The highest BCUT2D eigenvalue weighted by molar-refractivity contribution is 5.76. The number of para-hydroxylation sites is 2. The summed E-state index contributed by atoms with van der Waals surface area (Å²) in [4.78, 5) is 19.1. The van der Waals surface area contributed by atoms with Crippen molar-refractivity contribution >= 4 is 11.6 Å². The van der Waals surface area contributed by atoms with Crippen molar-refractivity contribution < 1.29 is 9.53 Å². The molecule has 0 aromatic heterocycles. The van der Waals surface area contributed by atoms with Crippen LogP contribution in [0.25, 0.3) is 0 Å². The number of carbonyl (C=O) groups excluding carboxylic acids is 1. The lowest BCUT2D eigenvalue weighted by Crippen LogP contribution is -2.47. The zero-order chi connectivity index (χ0) is 16.8. The van der Waals surface area contributed by atoms with Crippen LogP contribution in [-0.4, -0.2) is 68.6 Å². The van der Waals surface area contributed by atoms with Gasteiger partial charge in [-0.05, 0) is 31.4 Å². The number of carbonyl (C=O) groups is 1. The fourth-order valence-electron chi connectivity index (χ4n) is 3.66. The SMILES string of the molecule is COc1ccccc1N1CCN(CCC(=O)N2CCCCC2)CC1. The van der Waals surface area contributed by atoms with Crippen LogP contribution < -0.4 is 9.64 Å².